The molecule has 25 heavy (non-hydrogen) atoms. The van der Waals surface area contributed by atoms with Crippen molar-refractivity contribution in [3.63, 3.8) is 0 Å². The number of thioether (sulfide) groups is 1. The number of para-hydroxylation sites is 1. The lowest BCUT2D eigenvalue weighted by Crippen LogP contribution is -2.14. The van der Waals surface area contributed by atoms with Crippen LogP contribution in [-0.4, -0.2) is 21.6 Å². The van der Waals surface area contributed by atoms with Crippen LogP contribution in [0.4, 0.5) is 15.8 Å². The number of pyridine rings is 1. The van der Waals surface area contributed by atoms with Gasteiger partial charge >= 0.3 is 5.69 Å². The van der Waals surface area contributed by atoms with E-state index in [2.05, 4.69) is 10.3 Å². The number of halogens is 1. The topological polar surface area (TPSA) is 85.1 Å². The van der Waals surface area contributed by atoms with E-state index >= 15 is 0 Å². The predicted molar refractivity (Wildman–Crippen MR) is 94.2 cm³/mol. The molecule has 0 spiro atoms. The molecule has 0 aliphatic heterocycles. The Morgan fingerprint density at radius 1 is 1.20 bits per heavy atom. The minimum atomic E-state index is -0.947. The van der Waals surface area contributed by atoms with E-state index in [0.717, 1.165) is 23.0 Å². The number of aromatic nitrogens is 1. The van der Waals surface area contributed by atoms with Crippen molar-refractivity contribution < 1.29 is 14.1 Å². The van der Waals surface area contributed by atoms with Gasteiger partial charge in [0, 0.05) is 17.1 Å². The van der Waals surface area contributed by atoms with Gasteiger partial charge in [0.2, 0.25) is 11.7 Å². The zero-order chi connectivity index (χ0) is 17.8. The Morgan fingerprint density at radius 2 is 2.00 bits per heavy atom. The summed E-state index contributed by atoms with van der Waals surface area (Å²) in [6.45, 7) is 0. The molecule has 8 heteroatoms. The van der Waals surface area contributed by atoms with Crippen molar-refractivity contribution in [2.24, 2.45) is 0 Å². The Kier molecular flexibility index (Phi) is 4.90. The Morgan fingerprint density at radius 3 is 2.80 bits per heavy atom. The number of nitrogens with zero attached hydrogens (tertiary/aromatic N) is 2. The monoisotopic (exact) mass is 357 g/mol. The van der Waals surface area contributed by atoms with Gasteiger partial charge in [-0.05, 0) is 24.3 Å². The average Bonchev–Trinajstić information content (AvgIpc) is 2.61. The maximum Gasteiger partial charge on any atom is 0.306 e. The number of carbonyl (C=O) groups is 1. The molecule has 2 aromatic carbocycles. The fraction of sp³-hybridized carbons (Fsp3) is 0.0588. The Balaban J connectivity index is 1.64. The van der Waals surface area contributed by atoms with E-state index in [1.54, 1.807) is 0 Å². The normalized spacial score (nSPS) is 10.6. The Labute approximate surface area is 146 Å². The van der Waals surface area contributed by atoms with Crippen LogP contribution in [0.5, 0.6) is 0 Å². The van der Waals surface area contributed by atoms with Crippen LogP contribution in [0, 0.1) is 15.9 Å². The molecule has 1 heterocycles. The van der Waals surface area contributed by atoms with Gasteiger partial charge in [-0.1, -0.05) is 36.0 Å². The minimum Gasteiger partial charge on any atom is -0.325 e. The second-order valence-corrected chi connectivity index (χ2v) is 6.10. The third-order valence-corrected chi connectivity index (χ3v) is 4.28. The van der Waals surface area contributed by atoms with Gasteiger partial charge in [-0.25, -0.2) is 4.98 Å². The lowest BCUT2D eigenvalue weighted by Gasteiger charge is -2.06. The standard InChI is InChI=1S/C17H12FN3O3S/c18-13-7-6-12(9-15(13)21(23)24)19-16(22)10-25-17-8-5-11-3-1-2-4-14(11)20-17/h1-9H,10H2,(H,19,22). The van der Waals surface area contributed by atoms with Crippen molar-refractivity contribution in [1.82, 2.24) is 4.98 Å². The highest BCUT2D eigenvalue weighted by atomic mass is 32.2. The van der Waals surface area contributed by atoms with Crippen molar-refractivity contribution in [2.75, 3.05) is 11.1 Å². The van der Waals surface area contributed by atoms with E-state index in [1.165, 1.54) is 17.8 Å². The first kappa shape index (κ1) is 16.8. The zero-order valence-corrected chi connectivity index (χ0v) is 13.6. The summed E-state index contributed by atoms with van der Waals surface area (Å²) in [5, 5.41) is 14.9. The lowest BCUT2D eigenvalue weighted by molar-refractivity contribution is -0.387. The van der Waals surface area contributed by atoms with E-state index < -0.39 is 16.4 Å². The van der Waals surface area contributed by atoms with Gasteiger partial charge in [-0.3, -0.25) is 14.9 Å². The number of hydrogen-bond donors (Lipinski definition) is 1. The fourth-order valence-electron chi connectivity index (χ4n) is 2.19. The third-order valence-electron chi connectivity index (χ3n) is 3.35. The van der Waals surface area contributed by atoms with Crippen LogP contribution in [0.1, 0.15) is 0 Å². The van der Waals surface area contributed by atoms with Gasteiger partial charge in [0.15, 0.2) is 0 Å². The Hall–Kier alpha value is -3.00. The van der Waals surface area contributed by atoms with Crippen LogP contribution in [0.15, 0.2) is 59.6 Å². The molecule has 0 unspecified atom stereocenters. The molecule has 0 aliphatic rings. The molecule has 0 saturated heterocycles. The fourth-order valence-corrected chi connectivity index (χ4v) is 2.87. The zero-order valence-electron chi connectivity index (χ0n) is 12.8. The van der Waals surface area contributed by atoms with Gasteiger partial charge in [-0.2, -0.15) is 4.39 Å². The van der Waals surface area contributed by atoms with Crippen molar-refractivity contribution in [1.29, 1.82) is 0 Å². The number of amides is 1. The van der Waals surface area contributed by atoms with Crippen LogP contribution >= 0.6 is 11.8 Å². The minimum absolute atomic E-state index is 0.0799. The smallest absolute Gasteiger partial charge is 0.306 e. The SMILES string of the molecule is O=C(CSc1ccc2ccccc2n1)Nc1ccc(F)c([N+](=O)[O-])c1. The highest BCUT2D eigenvalue weighted by Gasteiger charge is 2.15. The first-order valence-corrected chi connectivity index (χ1v) is 8.24. The van der Waals surface area contributed by atoms with E-state index in [-0.39, 0.29) is 17.3 Å². The largest absolute Gasteiger partial charge is 0.325 e. The summed E-state index contributed by atoms with van der Waals surface area (Å²) in [6, 6.07) is 14.6. The molecular weight excluding hydrogens is 345 g/mol. The molecule has 6 nitrogen and oxygen atoms in total. The summed E-state index contributed by atoms with van der Waals surface area (Å²) in [6.07, 6.45) is 0. The second kappa shape index (κ2) is 7.27. The van der Waals surface area contributed by atoms with Gasteiger partial charge < -0.3 is 5.32 Å². The van der Waals surface area contributed by atoms with E-state index in [4.69, 9.17) is 0 Å². The average molecular weight is 357 g/mol. The van der Waals surface area contributed by atoms with Gasteiger partial charge in [0.05, 0.1) is 21.2 Å². The van der Waals surface area contributed by atoms with E-state index in [9.17, 15) is 19.3 Å². The maximum atomic E-state index is 13.3. The Bertz CT molecular complexity index is 965. The predicted octanol–water partition coefficient (Wildman–Crippen LogP) is 4.01. The number of nitro benzene ring substituents is 1. The molecule has 1 N–H and O–H groups in total. The quantitative estimate of drug-likeness (QED) is 0.424. The molecule has 3 aromatic rings. The number of nitro groups is 1. The molecule has 0 radical (unpaired) electrons. The molecule has 0 atom stereocenters. The highest BCUT2D eigenvalue weighted by Crippen LogP contribution is 2.23. The number of fused-ring (bicyclic) bond motifs is 1. The maximum absolute atomic E-state index is 13.3. The van der Waals surface area contributed by atoms with Crippen molar-refractivity contribution in [2.45, 2.75) is 5.03 Å². The molecule has 1 amide bonds. The van der Waals surface area contributed by atoms with Crippen molar-refractivity contribution in [3.8, 4) is 0 Å². The molecule has 0 aliphatic carbocycles. The molecule has 0 bridgehead atoms. The van der Waals surface area contributed by atoms with E-state index in [0.29, 0.717) is 5.03 Å². The summed E-state index contributed by atoms with van der Waals surface area (Å²) in [5.41, 5.74) is 0.328. The molecule has 0 saturated carbocycles. The van der Waals surface area contributed by atoms with Crippen molar-refractivity contribution in [3.05, 3.63) is 70.5 Å². The van der Waals surface area contributed by atoms with Gasteiger partial charge in [0.1, 0.15) is 0 Å². The van der Waals surface area contributed by atoms with Crippen LogP contribution in [0.25, 0.3) is 10.9 Å². The van der Waals surface area contributed by atoms with Crippen LogP contribution in [-0.2, 0) is 4.79 Å². The number of carbonyl (C=O) groups excluding carboxylic acids is 1. The van der Waals surface area contributed by atoms with Crippen LogP contribution in [0.3, 0.4) is 0 Å². The first-order valence-electron chi connectivity index (χ1n) is 7.25. The molecule has 3 rings (SSSR count). The van der Waals surface area contributed by atoms with Crippen LogP contribution < -0.4 is 5.32 Å². The molecule has 0 fully saturated rings. The molecule has 126 valence electrons. The molecule has 1 aromatic heterocycles. The van der Waals surface area contributed by atoms with Gasteiger partial charge in [0.25, 0.3) is 0 Å². The van der Waals surface area contributed by atoms with Crippen molar-refractivity contribution >= 4 is 39.9 Å². The van der Waals surface area contributed by atoms with E-state index in [1.807, 2.05) is 36.4 Å². The summed E-state index contributed by atoms with van der Waals surface area (Å²) in [5.74, 6) is -1.23. The number of benzene rings is 2. The highest BCUT2D eigenvalue weighted by molar-refractivity contribution is 7.99. The summed E-state index contributed by atoms with van der Waals surface area (Å²) >= 11 is 1.25. The lowest BCUT2D eigenvalue weighted by atomic mass is 10.2. The number of anilines is 1. The summed E-state index contributed by atoms with van der Waals surface area (Å²) in [7, 11) is 0. The van der Waals surface area contributed by atoms with Gasteiger partial charge in [-0.15, -0.1) is 0 Å². The third kappa shape index (κ3) is 4.10. The number of hydrogen-bond acceptors (Lipinski definition) is 5. The number of rotatable bonds is 5. The molecular formula is C17H12FN3O3S. The summed E-state index contributed by atoms with van der Waals surface area (Å²) in [4.78, 5) is 26.3. The van der Waals surface area contributed by atoms with Crippen LogP contribution in [0.2, 0.25) is 0 Å². The summed E-state index contributed by atoms with van der Waals surface area (Å²) < 4.78 is 13.3. The number of nitrogens with one attached hydrogen (secondary N) is 1. The first-order chi connectivity index (χ1) is 12.0. The second-order valence-electron chi connectivity index (χ2n) is 5.10.